The molecule has 2 aromatic carbocycles. The number of benzene rings is 2. The Hall–Kier alpha value is -3.53. The summed E-state index contributed by atoms with van der Waals surface area (Å²) in [5, 5.41) is 4.28. The Balaban J connectivity index is 1.56. The fraction of sp³-hybridized carbons (Fsp3) is 0.125. The molecule has 0 bridgehead atoms. The minimum Gasteiger partial charge on any atom is -0.360 e. The highest BCUT2D eigenvalue weighted by molar-refractivity contribution is 6.13. The van der Waals surface area contributed by atoms with E-state index in [1.165, 1.54) is 0 Å². The highest BCUT2D eigenvalue weighted by Gasteiger charge is 2.35. The first kappa shape index (κ1) is 16.6. The number of nitrogens with zero attached hydrogens (tertiary/aromatic N) is 2. The summed E-state index contributed by atoms with van der Waals surface area (Å²) in [5.74, 6) is 0.912. The van der Waals surface area contributed by atoms with Crippen molar-refractivity contribution in [1.82, 2.24) is 10.1 Å². The number of hydrogen-bond donors (Lipinski definition) is 0. The first-order valence-corrected chi connectivity index (χ1v) is 9.41. The molecule has 0 N–H and O–H groups in total. The van der Waals surface area contributed by atoms with Crippen LogP contribution in [0.1, 0.15) is 40.4 Å². The zero-order valence-corrected chi connectivity index (χ0v) is 15.2. The lowest BCUT2D eigenvalue weighted by Crippen LogP contribution is -2.05. The Morgan fingerprint density at radius 1 is 0.857 bits per heavy atom. The van der Waals surface area contributed by atoms with Crippen LogP contribution in [0.15, 0.2) is 83.6 Å². The molecule has 1 aliphatic carbocycles. The van der Waals surface area contributed by atoms with Gasteiger partial charge in [0.15, 0.2) is 11.5 Å². The summed E-state index contributed by atoms with van der Waals surface area (Å²) >= 11 is 0. The average Bonchev–Trinajstić information content (AvgIpc) is 3.53. The van der Waals surface area contributed by atoms with Gasteiger partial charge in [0.05, 0.1) is 5.56 Å². The number of hydrogen-bond acceptors (Lipinski definition) is 4. The van der Waals surface area contributed by atoms with Crippen LogP contribution in [0.5, 0.6) is 0 Å². The number of carbonyl (C=O) groups is 1. The Bertz CT molecular complexity index is 1110. The van der Waals surface area contributed by atoms with Crippen molar-refractivity contribution in [3.05, 3.63) is 96.0 Å². The molecule has 28 heavy (non-hydrogen) atoms. The predicted molar refractivity (Wildman–Crippen MR) is 107 cm³/mol. The smallest absolute Gasteiger partial charge is 0.200 e. The average molecular weight is 366 g/mol. The van der Waals surface area contributed by atoms with Gasteiger partial charge in [0.2, 0.25) is 0 Å². The molecule has 0 spiro atoms. The van der Waals surface area contributed by atoms with Crippen molar-refractivity contribution in [3.8, 4) is 22.4 Å². The van der Waals surface area contributed by atoms with Crippen LogP contribution in [0.4, 0.5) is 0 Å². The standard InChI is InChI=1S/C24H18N2O2/c27-23(20-7-4-14-25-15-20)21-22(26-28-24(21)19-12-13-19)18-10-8-17(9-11-18)16-5-2-1-3-6-16/h1-11,14-15,19H,12-13H2. The van der Waals surface area contributed by atoms with Gasteiger partial charge in [0, 0.05) is 29.4 Å². The molecule has 0 amide bonds. The quantitative estimate of drug-likeness (QED) is 0.437. The van der Waals surface area contributed by atoms with Crippen LogP contribution in [-0.4, -0.2) is 15.9 Å². The summed E-state index contributed by atoms with van der Waals surface area (Å²) in [4.78, 5) is 17.3. The third-order valence-corrected chi connectivity index (χ3v) is 5.08. The SMILES string of the molecule is O=C(c1cccnc1)c1c(-c2ccc(-c3ccccc3)cc2)noc1C1CC1. The summed E-state index contributed by atoms with van der Waals surface area (Å²) in [5.41, 5.74) is 4.88. The molecular formula is C24H18N2O2. The predicted octanol–water partition coefficient (Wildman–Crippen LogP) is 5.51. The van der Waals surface area contributed by atoms with Gasteiger partial charge >= 0.3 is 0 Å². The van der Waals surface area contributed by atoms with E-state index in [-0.39, 0.29) is 5.78 Å². The van der Waals surface area contributed by atoms with Gasteiger partial charge in [0.25, 0.3) is 0 Å². The van der Waals surface area contributed by atoms with E-state index < -0.39 is 0 Å². The molecule has 4 nitrogen and oxygen atoms in total. The Morgan fingerprint density at radius 2 is 1.57 bits per heavy atom. The zero-order valence-electron chi connectivity index (χ0n) is 15.2. The third-order valence-electron chi connectivity index (χ3n) is 5.08. The van der Waals surface area contributed by atoms with E-state index in [0.717, 1.165) is 29.5 Å². The molecule has 136 valence electrons. The maximum atomic E-state index is 13.2. The summed E-state index contributed by atoms with van der Waals surface area (Å²) in [7, 11) is 0. The molecule has 2 aromatic heterocycles. The molecule has 0 aliphatic heterocycles. The second kappa shape index (κ2) is 6.89. The van der Waals surface area contributed by atoms with Crippen LogP contribution in [0, 0.1) is 0 Å². The van der Waals surface area contributed by atoms with E-state index in [2.05, 4.69) is 34.4 Å². The van der Waals surface area contributed by atoms with Gasteiger partial charge in [-0.15, -0.1) is 0 Å². The van der Waals surface area contributed by atoms with Crippen molar-refractivity contribution in [2.45, 2.75) is 18.8 Å². The molecule has 1 saturated carbocycles. The van der Waals surface area contributed by atoms with Crippen molar-refractivity contribution < 1.29 is 9.32 Å². The van der Waals surface area contributed by atoms with E-state index in [1.54, 1.807) is 24.5 Å². The van der Waals surface area contributed by atoms with E-state index in [9.17, 15) is 4.79 Å². The second-order valence-electron chi connectivity index (χ2n) is 7.06. The molecule has 0 saturated heterocycles. The summed E-state index contributed by atoms with van der Waals surface area (Å²) in [6, 6.07) is 21.8. The van der Waals surface area contributed by atoms with Gasteiger partial charge in [0.1, 0.15) is 5.69 Å². The first-order valence-electron chi connectivity index (χ1n) is 9.41. The van der Waals surface area contributed by atoms with Crippen molar-refractivity contribution in [2.75, 3.05) is 0 Å². The Labute approximate surface area is 162 Å². The minimum absolute atomic E-state index is 0.0848. The first-order chi connectivity index (χ1) is 13.8. The molecule has 0 radical (unpaired) electrons. The number of ketones is 1. The fourth-order valence-corrected chi connectivity index (χ4v) is 3.44. The van der Waals surface area contributed by atoms with Gasteiger partial charge in [-0.05, 0) is 36.1 Å². The van der Waals surface area contributed by atoms with Crippen molar-refractivity contribution in [1.29, 1.82) is 0 Å². The zero-order chi connectivity index (χ0) is 18.9. The lowest BCUT2D eigenvalue weighted by atomic mass is 9.96. The number of pyridine rings is 1. The highest BCUT2D eigenvalue weighted by atomic mass is 16.5. The monoisotopic (exact) mass is 366 g/mol. The molecule has 0 unspecified atom stereocenters. The topological polar surface area (TPSA) is 56.0 Å². The fourth-order valence-electron chi connectivity index (χ4n) is 3.44. The van der Waals surface area contributed by atoms with Crippen molar-refractivity contribution in [2.24, 2.45) is 0 Å². The normalized spacial score (nSPS) is 13.4. The Kier molecular flexibility index (Phi) is 4.09. The van der Waals surface area contributed by atoms with Gasteiger partial charge in [-0.1, -0.05) is 59.8 Å². The number of rotatable bonds is 5. The largest absolute Gasteiger partial charge is 0.360 e. The molecule has 4 heteroatoms. The van der Waals surface area contributed by atoms with Gasteiger partial charge in [-0.25, -0.2) is 0 Å². The van der Waals surface area contributed by atoms with E-state index in [0.29, 0.717) is 28.5 Å². The van der Waals surface area contributed by atoms with E-state index >= 15 is 0 Å². The molecule has 1 aliphatic rings. The van der Waals surface area contributed by atoms with E-state index in [4.69, 9.17) is 4.52 Å². The molecule has 4 aromatic rings. The third kappa shape index (κ3) is 3.03. The number of aromatic nitrogens is 2. The summed E-state index contributed by atoms with van der Waals surface area (Å²) in [6.07, 6.45) is 5.33. The molecule has 2 heterocycles. The molecular weight excluding hydrogens is 348 g/mol. The van der Waals surface area contributed by atoms with Crippen LogP contribution < -0.4 is 0 Å². The van der Waals surface area contributed by atoms with Crippen LogP contribution in [-0.2, 0) is 0 Å². The molecule has 0 atom stereocenters. The highest BCUT2D eigenvalue weighted by Crippen LogP contribution is 2.44. The van der Waals surface area contributed by atoms with E-state index in [1.807, 2.05) is 30.3 Å². The van der Waals surface area contributed by atoms with Gasteiger partial charge in [-0.2, -0.15) is 0 Å². The second-order valence-corrected chi connectivity index (χ2v) is 7.06. The maximum absolute atomic E-state index is 13.2. The van der Waals surface area contributed by atoms with Gasteiger partial charge < -0.3 is 4.52 Å². The summed E-state index contributed by atoms with van der Waals surface area (Å²) in [6.45, 7) is 0. The van der Waals surface area contributed by atoms with Crippen LogP contribution in [0.25, 0.3) is 22.4 Å². The van der Waals surface area contributed by atoms with Crippen molar-refractivity contribution >= 4 is 5.78 Å². The van der Waals surface area contributed by atoms with Crippen molar-refractivity contribution in [3.63, 3.8) is 0 Å². The van der Waals surface area contributed by atoms with Gasteiger partial charge in [-0.3, -0.25) is 9.78 Å². The number of carbonyl (C=O) groups excluding carboxylic acids is 1. The lowest BCUT2D eigenvalue weighted by molar-refractivity contribution is 0.103. The maximum Gasteiger partial charge on any atom is 0.200 e. The molecule has 1 fully saturated rings. The van der Waals surface area contributed by atoms with Crippen LogP contribution >= 0.6 is 0 Å². The summed E-state index contributed by atoms with van der Waals surface area (Å²) < 4.78 is 5.64. The molecule has 5 rings (SSSR count). The van der Waals surface area contributed by atoms with Crippen LogP contribution in [0.3, 0.4) is 0 Å². The minimum atomic E-state index is -0.0848. The Morgan fingerprint density at radius 3 is 2.25 bits per heavy atom. The van der Waals surface area contributed by atoms with Crippen LogP contribution in [0.2, 0.25) is 0 Å². The lowest BCUT2D eigenvalue weighted by Gasteiger charge is -2.05.